The van der Waals surface area contributed by atoms with Crippen molar-refractivity contribution in [2.45, 2.75) is 0 Å². The first-order chi connectivity index (χ1) is 15.0. The van der Waals surface area contributed by atoms with E-state index in [2.05, 4.69) is 59.8 Å². The van der Waals surface area contributed by atoms with Gasteiger partial charge in [0.25, 0.3) is 0 Å². The Kier molecular flexibility index (Phi) is 38.4. The summed E-state index contributed by atoms with van der Waals surface area (Å²) in [6.07, 6.45) is 30.5. The average molecular weight is 616 g/mol. The van der Waals surface area contributed by atoms with Crippen LogP contribution in [0.1, 0.15) is 0 Å². The summed E-state index contributed by atoms with van der Waals surface area (Å²) in [5, 5.41) is 0. The molecule has 0 aromatic carbocycles. The second-order valence-electron chi connectivity index (χ2n) is 4.56. The van der Waals surface area contributed by atoms with Gasteiger partial charge in [0.05, 0.1) is 38.0 Å². The molecule has 6 heterocycles. The second-order valence-corrected chi connectivity index (χ2v) is 4.56. The Bertz CT molecular complexity index is 593. The van der Waals surface area contributed by atoms with E-state index in [-0.39, 0.29) is 56.7 Å². The molecule has 12 nitrogen and oxygen atoms in total. The van der Waals surface area contributed by atoms with Gasteiger partial charge in [0.1, 0.15) is 0 Å². The molecule has 0 aliphatic carbocycles. The van der Waals surface area contributed by atoms with Crippen LogP contribution in [0.25, 0.3) is 0 Å². The molecule has 1 radical (unpaired) electrons. The first-order valence-corrected chi connectivity index (χ1v) is 8.56. The van der Waals surface area contributed by atoms with Crippen LogP contribution < -0.4 is 37.2 Å². The van der Waals surface area contributed by atoms with Gasteiger partial charge in [-0.25, -0.2) is 29.9 Å². The molecule has 0 spiro atoms. The van der Waals surface area contributed by atoms with E-state index in [1.807, 2.05) is 0 Å². The maximum absolute atomic E-state index is 3.67. The Labute approximate surface area is 228 Å². The molecule has 0 saturated carbocycles. The van der Waals surface area contributed by atoms with Gasteiger partial charge in [-0.2, -0.15) is 0 Å². The molecule has 0 amide bonds. The summed E-state index contributed by atoms with van der Waals surface area (Å²) in [6.45, 7) is 0. The average Bonchev–Trinajstić information content (AvgIpc) is 3.69. The summed E-state index contributed by atoms with van der Waals surface area (Å²) in [4.78, 5) is 38.5. The summed E-state index contributed by atoms with van der Waals surface area (Å²) in [5.74, 6) is 0. The molecule has 0 unspecified atom stereocenters. The van der Waals surface area contributed by atoms with Crippen LogP contribution in [-0.2, 0) is 19.5 Å². The van der Waals surface area contributed by atoms with Crippen LogP contribution in [-0.4, -0.2) is 59.8 Å². The molecule has 0 fully saturated rings. The fourth-order valence-corrected chi connectivity index (χ4v) is 1.29. The van der Waals surface area contributed by atoms with Gasteiger partial charge in [0, 0.05) is 74.4 Å². The zero-order chi connectivity index (χ0) is 21.2. The standard InChI is InChI=1S/6C3H4N2.3ClH.Ru/c6*1-2-5-3-4-1;;;;/h6*1-3H,(H,4,5);3*1H;/q;;;;;;;;;+3/p-3. The summed E-state index contributed by atoms with van der Waals surface area (Å²) in [7, 11) is 0. The third kappa shape index (κ3) is 30.9. The first kappa shape index (κ1) is 38.0. The van der Waals surface area contributed by atoms with Gasteiger partial charge in [-0.15, -0.1) is 0 Å². The van der Waals surface area contributed by atoms with Crippen molar-refractivity contribution >= 4 is 0 Å². The molecule has 0 atom stereocenters. The normalized spacial score (nSPS) is 7.06. The number of aromatic nitrogens is 12. The molecule has 6 N–H and O–H groups in total. The monoisotopic (exact) mass is 615 g/mol. The minimum Gasteiger partial charge on any atom is -1.00 e. The number of aromatic amines is 6. The number of nitrogens with zero attached hydrogens (tertiary/aromatic N) is 6. The van der Waals surface area contributed by atoms with Crippen LogP contribution in [0.4, 0.5) is 0 Å². The predicted molar refractivity (Wildman–Crippen MR) is 112 cm³/mol. The number of nitrogens with one attached hydrogen (secondary N) is 6. The quantitative estimate of drug-likeness (QED) is 0.0928. The number of imidazole rings is 6. The van der Waals surface area contributed by atoms with Gasteiger partial charge in [-0.1, -0.05) is 0 Å². The summed E-state index contributed by atoms with van der Waals surface area (Å²) < 4.78 is 0. The molecule has 0 aliphatic heterocycles. The Balaban J connectivity index is -0.000000155. The Morgan fingerprint density at radius 2 is 0.441 bits per heavy atom. The van der Waals surface area contributed by atoms with Gasteiger partial charge < -0.3 is 67.1 Å². The van der Waals surface area contributed by atoms with Crippen LogP contribution in [0.5, 0.6) is 0 Å². The van der Waals surface area contributed by atoms with E-state index in [1.165, 1.54) is 0 Å². The Morgan fingerprint density at radius 1 is 0.294 bits per heavy atom. The van der Waals surface area contributed by atoms with E-state index in [4.69, 9.17) is 0 Å². The Hall–Kier alpha value is -3.25. The van der Waals surface area contributed by atoms with Crippen molar-refractivity contribution in [3.8, 4) is 0 Å². The van der Waals surface area contributed by atoms with Crippen molar-refractivity contribution < 1.29 is 56.7 Å². The number of hydrogen-bond acceptors (Lipinski definition) is 6. The third-order valence-corrected chi connectivity index (χ3v) is 2.44. The fourth-order valence-electron chi connectivity index (χ4n) is 1.29. The van der Waals surface area contributed by atoms with Crippen molar-refractivity contribution in [1.82, 2.24) is 59.8 Å². The van der Waals surface area contributed by atoms with E-state index in [1.54, 1.807) is 112 Å². The van der Waals surface area contributed by atoms with E-state index >= 15 is 0 Å². The summed E-state index contributed by atoms with van der Waals surface area (Å²) >= 11 is 0. The number of halogens is 3. The molecule has 34 heavy (non-hydrogen) atoms. The van der Waals surface area contributed by atoms with Gasteiger partial charge in [-0.05, 0) is 0 Å². The number of hydrogen-bond donors (Lipinski definition) is 6. The number of H-pyrrole nitrogens is 6. The van der Waals surface area contributed by atoms with Crippen molar-refractivity contribution in [2.24, 2.45) is 0 Å². The molecule has 6 rings (SSSR count). The van der Waals surface area contributed by atoms with E-state index in [9.17, 15) is 0 Å². The molecule has 0 bridgehead atoms. The molecular formula is C18H24Cl3N12Ru. The molecule has 185 valence electrons. The van der Waals surface area contributed by atoms with Crippen LogP contribution >= 0.6 is 0 Å². The molecule has 0 aliphatic rings. The van der Waals surface area contributed by atoms with Crippen molar-refractivity contribution in [1.29, 1.82) is 0 Å². The van der Waals surface area contributed by atoms with Crippen LogP contribution in [0, 0.1) is 0 Å². The first-order valence-electron chi connectivity index (χ1n) is 8.56. The molecule has 16 heteroatoms. The summed E-state index contributed by atoms with van der Waals surface area (Å²) in [5.41, 5.74) is 0. The minimum atomic E-state index is 0. The smallest absolute Gasteiger partial charge is 1.00 e. The zero-order valence-corrected chi connectivity index (χ0v) is 21.6. The largest absolute Gasteiger partial charge is 3.00 e. The van der Waals surface area contributed by atoms with Gasteiger partial charge >= 0.3 is 19.5 Å². The van der Waals surface area contributed by atoms with E-state index < -0.39 is 0 Å². The van der Waals surface area contributed by atoms with Crippen LogP contribution in [0.15, 0.2) is 112 Å². The van der Waals surface area contributed by atoms with Crippen LogP contribution in [0.2, 0.25) is 0 Å². The van der Waals surface area contributed by atoms with Gasteiger partial charge in [0.15, 0.2) is 0 Å². The van der Waals surface area contributed by atoms with Crippen LogP contribution in [0.3, 0.4) is 0 Å². The minimum absolute atomic E-state index is 0. The molecule has 6 aromatic heterocycles. The van der Waals surface area contributed by atoms with Crippen molar-refractivity contribution in [2.75, 3.05) is 0 Å². The van der Waals surface area contributed by atoms with Gasteiger partial charge in [-0.3, -0.25) is 0 Å². The van der Waals surface area contributed by atoms with Crippen molar-refractivity contribution in [3.63, 3.8) is 0 Å². The topological polar surface area (TPSA) is 172 Å². The SMILES string of the molecule is [Cl-].[Cl-].[Cl-].[Ru+3].c1c[nH]cn1.c1c[nH]cn1.c1c[nH]cn1.c1c[nH]cn1.c1c[nH]cn1.c1c[nH]cn1. The Morgan fingerprint density at radius 3 is 0.471 bits per heavy atom. The third-order valence-electron chi connectivity index (χ3n) is 2.44. The summed E-state index contributed by atoms with van der Waals surface area (Å²) in [6, 6.07) is 0. The molecule has 0 saturated heterocycles. The van der Waals surface area contributed by atoms with Gasteiger partial charge in [0.2, 0.25) is 0 Å². The maximum Gasteiger partial charge on any atom is 3.00 e. The van der Waals surface area contributed by atoms with E-state index in [0.29, 0.717) is 0 Å². The van der Waals surface area contributed by atoms with E-state index in [0.717, 1.165) is 0 Å². The molecular weight excluding hydrogens is 592 g/mol. The second kappa shape index (κ2) is 34.4. The predicted octanol–water partition coefficient (Wildman–Crippen LogP) is -6.53. The zero-order valence-electron chi connectivity index (χ0n) is 17.6. The maximum atomic E-state index is 3.67. The fraction of sp³-hybridized carbons (Fsp3) is 0. The van der Waals surface area contributed by atoms with Crippen molar-refractivity contribution in [3.05, 3.63) is 112 Å². The number of rotatable bonds is 0. The molecule has 6 aromatic rings.